The normalized spacial score (nSPS) is 53.8. The molecule has 4 saturated carbocycles. The van der Waals surface area contributed by atoms with Crippen LogP contribution in [0.3, 0.4) is 0 Å². The van der Waals surface area contributed by atoms with Crippen LogP contribution in [0.25, 0.3) is 0 Å². The molecule has 93 heavy (non-hydrogen) atoms. The molecule has 0 spiro atoms. The van der Waals surface area contributed by atoms with Crippen molar-refractivity contribution in [2.24, 2.45) is 50.2 Å². The minimum Gasteiger partial charge on any atom is -0.467 e. The molecule has 35 atom stereocenters. The van der Waals surface area contributed by atoms with Gasteiger partial charge < -0.3 is 138 Å². The quantitative estimate of drug-likeness (QED) is 0.0480. The summed E-state index contributed by atoms with van der Waals surface area (Å²) in [7, 11) is 1.13. The number of ether oxygens (including phenoxy) is 13. The third-order valence-corrected chi connectivity index (χ3v) is 24.2. The number of carbonyl (C=O) groups is 2. The van der Waals surface area contributed by atoms with Gasteiger partial charge in [-0.15, -0.1) is 0 Å². The van der Waals surface area contributed by atoms with E-state index in [0.717, 1.165) is 25.5 Å². The zero-order valence-corrected chi connectivity index (χ0v) is 54.0. The van der Waals surface area contributed by atoms with Crippen LogP contribution in [0.15, 0.2) is 11.6 Å². The van der Waals surface area contributed by atoms with E-state index in [1.807, 2.05) is 0 Å². The van der Waals surface area contributed by atoms with Crippen LogP contribution in [0.4, 0.5) is 0 Å². The van der Waals surface area contributed by atoms with E-state index in [-0.39, 0.29) is 35.5 Å². The molecular weight excluding hydrogens is 1240 g/mol. The monoisotopic (exact) mass is 1340 g/mol. The third-order valence-electron chi connectivity index (χ3n) is 24.2. The fraction of sp³-hybridized carbons (Fsp3) is 0.937. The summed E-state index contributed by atoms with van der Waals surface area (Å²) >= 11 is 0. The van der Waals surface area contributed by atoms with Gasteiger partial charge in [-0.25, -0.2) is 4.79 Å². The lowest BCUT2D eigenvalue weighted by atomic mass is 9.33. The van der Waals surface area contributed by atoms with Crippen LogP contribution < -0.4 is 0 Å². The summed E-state index contributed by atoms with van der Waals surface area (Å²) in [4.78, 5) is 28.3. The maximum atomic E-state index is 15.7. The van der Waals surface area contributed by atoms with Crippen LogP contribution >= 0.6 is 0 Å². The fourth-order valence-electron chi connectivity index (χ4n) is 18.5. The van der Waals surface area contributed by atoms with E-state index in [2.05, 4.69) is 54.5 Å². The van der Waals surface area contributed by atoms with Gasteiger partial charge in [-0.2, -0.15) is 0 Å². The molecule has 532 valence electrons. The van der Waals surface area contributed by atoms with Crippen molar-refractivity contribution in [3.8, 4) is 0 Å². The molecule has 0 unspecified atom stereocenters. The van der Waals surface area contributed by atoms with Crippen molar-refractivity contribution in [2.45, 2.75) is 285 Å². The number of aliphatic hydroxyl groups excluding tert-OH is 15. The van der Waals surface area contributed by atoms with Gasteiger partial charge in [-0.3, -0.25) is 4.79 Å². The molecule has 15 N–H and O–H groups in total. The highest BCUT2D eigenvalue weighted by atomic mass is 16.8. The summed E-state index contributed by atoms with van der Waals surface area (Å²) in [6, 6.07) is 0. The maximum absolute atomic E-state index is 15.7. The smallest absolute Gasteiger partial charge is 0.337 e. The zero-order chi connectivity index (χ0) is 67.7. The molecule has 6 saturated heterocycles. The van der Waals surface area contributed by atoms with Crippen molar-refractivity contribution < 1.29 is 148 Å². The Morgan fingerprint density at radius 3 is 1.65 bits per heavy atom. The van der Waals surface area contributed by atoms with E-state index in [0.29, 0.717) is 32.1 Å². The molecule has 0 aromatic heterocycles. The Kier molecular flexibility index (Phi) is 20.6. The first-order valence-corrected chi connectivity index (χ1v) is 32.8. The first kappa shape index (κ1) is 71.9. The van der Waals surface area contributed by atoms with Crippen molar-refractivity contribution in [2.75, 3.05) is 33.5 Å². The Bertz CT molecular complexity index is 2670. The third kappa shape index (κ3) is 12.3. The lowest BCUT2D eigenvalue weighted by molar-refractivity contribution is -0.392. The predicted molar refractivity (Wildman–Crippen MR) is 309 cm³/mol. The largest absolute Gasteiger partial charge is 0.467 e. The maximum Gasteiger partial charge on any atom is 0.337 e. The highest BCUT2D eigenvalue weighted by Gasteiger charge is 2.72. The van der Waals surface area contributed by atoms with Gasteiger partial charge in [0, 0.05) is 0 Å². The number of allylic oxidation sites excluding steroid dienone is 2. The van der Waals surface area contributed by atoms with E-state index < -0.39 is 238 Å². The Hall–Kier alpha value is -2.36. The number of hydrogen-bond acceptors (Lipinski definition) is 30. The number of rotatable bonds is 13. The van der Waals surface area contributed by atoms with Crippen LogP contribution in [-0.2, 0) is 71.2 Å². The van der Waals surface area contributed by atoms with Gasteiger partial charge in [0.1, 0.15) is 109 Å². The van der Waals surface area contributed by atoms with Crippen molar-refractivity contribution in [3.63, 3.8) is 0 Å². The summed E-state index contributed by atoms with van der Waals surface area (Å²) in [5.41, 5.74) is -2.76. The summed E-state index contributed by atoms with van der Waals surface area (Å²) in [6.07, 6.45) is -39.4. The van der Waals surface area contributed by atoms with Crippen molar-refractivity contribution in [1.82, 2.24) is 0 Å². The molecule has 5 aliphatic carbocycles. The predicted octanol–water partition coefficient (Wildman–Crippen LogP) is -3.65. The highest BCUT2D eigenvalue weighted by molar-refractivity contribution is 5.80. The number of methoxy groups -OCH3 is 1. The summed E-state index contributed by atoms with van der Waals surface area (Å²) in [6.45, 7) is 14.6. The van der Waals surface area contributed by atoms with Crippen molar-refractivity contribution in [3.05, 3.63) is 11.6 Å². The Labute approximate surface area is 538 Å². The molecule has 6 aliphatic heterocycles. The highest BCUT2D eigenvalue weighted by Crippen LogP contribution is 2.76. The van der Waals surface area contributed by atoms with E-state index in [1.165, 1.54) is 6.92 Å². The second kappa shape index (κ2) is 26.6. The molecule has 11 aliphatic rings. The number of esters is 2. The SMILES string of the molecule is COC(=O)[C@H]1O[C@@H](O[C@H]2CC[C@]3(C)[C@H]4CC=C5[C@@H]6CC(C)(C)CC[C@]6(C(=O)O[C@@H]6OC[C@@H](O)[C@H](O)[C@H]6O[C@@H]6O[C@@H](C)[C@H](O[C@@H]7OC[C@@H](O)[C@H](O)[C@H]7O)[C@@H](O[C@@H]7OC[C@@H](O)[C@H](O[C@@H]8OC[C@@H](O)[C@H](O)[C@H]8O)[C@H]7O)[C@H]6O)[C@H](O)C[C@@]5(C)[C@]4(C)CC[C@H]3C2(C)C)[C@H](O)[C@@H](O)[C@@H]1O. The lowest BCUT2D eigenvalue weighted by Crippen LogP contribution is -2.68. The summed E-state index contributed by atoms with van der Waals surface area (Å²) in [5.74, 6) is -2.19. The van der Waals surface area contributed by atoms with Gasteiger partial charge in [0.25, 0.3) is 0 Å². The molecule has 11 rings (SSSR count). The molecule has 6 heterocycles. The zero-order valence-electron chi connectivity index (χ0n) is 54.0. The first-order chi connectivity index (χ1) is 43.6. The Morgan fingerprint density at radius 1 is 0.495 bits per heavy atom. The molecule has 10 fully saturated rings. The van der Waals surface area contributed by atoms with Crippen molar-refractivity contribution >= 4 is 11.9 Å². The average Bonchev–Trinajstić information content (AvgIpc) is 0.672. The standard InChI is InChI=1S/C63H100O30/c1-24-45(88-51-40(74)35(69)27(64)20-82-51)47(90-53-43(77)46(30(67)23-84-53)89-52-41(75)36(70)28(65)21-83-52)44(78)55(86-24)92-49-37(71)29(66)22-85-56(49)93-57(80)63-17-16-58(2,3)18-26(63)25-10-11-32-60(6)14-13-34(87-54-42(76)38(72)39(73)48(91-54)50(79)81-9)59(4,5)31(60)12-15-61(32,7)62(25,8)19-33(63)68/h10,24,26-49,51-56,64-78H,11-23H2,1-9H3/t24-,26-,27+,28+,29+,30+,31-,32+,33+,34-,35-,36-,37-,38-,39-,40+,41+,42+,43+,44+,45-,46-,47-,48-,49+,51-,52-,53-,54+,55-,56-,60-,61+,62+,63+/m0/s1. The van der Waals surface area contributed by atoms with E-state index in [1.54, 1.807) is 0 Å². The van der Waals surface area contributed by atoms with Gasteiger partial charge in [0.2, 0.25) is 6.29 Å². The van der Waals surface area contributed by atoms with Gasteiger partial charge in [-0.05, 0) is 110 Å². The number of aliphatic hydroxyl groups is 15. The van der Waals surface area contributed by atoms with Crippen LogP contribution in [0.2, 0.25) is 0 Å². The fourth-order valence-corrected chi connectivity index (χ4v) is 18.5. The van der Waals surface area contributed by atoms with Gasteiger partial charge >= 0.3 is 11.9 Å². The van der Waals surface area contributed by atoms with E-state index in [9.17, 15) is 81.4 Å². The van der Waals surface area contributed by atoms with Gasteiger partial charge in [0.15, 0.2) is 43.7 Å². The minimum absolute atomic E-state index is 0.0613. The van der Waals surface area contributed by atoms with Crippen LogP contribution in [0.5, 0.6) is 0 Å². The van der Waals surface area contributed by atoms with E-state index in [4.69, 9.17) is 61.6 Å². The molecule has 0 bridgehead atoms. The first-order valence-electron chi connectivity index (χ1n) is 32.8. The topological polar surface area (TPSA) is 458 Å². The Morgan fingerprint density at radius 2 is 1.02 bits per heavy atom. The molecule has 30 heteroatoms. The second-order valence-corrected chi connectivity index (χ2v) is 30.4. The lowest BCUT2D eigenvalue weighted by Gasteiger charge is -2.71. The average molecular weight is 1340 g/mol. The second-order valence-electron chi connectivity index (χ2n) is 30.4. The van der Waals surface area contributed by atoms with Crippen LogP contribution in [0, 0.1) is 50.2 Å². The molecule has 0 aromatic rings. The summed E-state index contributed by atoms with van der Waals surface area (Å²) in [5, 5.41) is 166. The molecule has 0 aromatic carbocycles. The number of hydrogen-bond donors (Lipinski definition) is 15. The minimum atomic E-state index is -2.08. The van der Waals surface area contributed by atoms with Gasteiger partial charge in [0.05, 0.1) is 51.8 Å². The molecule has 30 nitrogen and oxygen atoms in total. The number of fused-ring (bicyclic) bond motifs is 7. The molecular formula is C63H100O30. The molecule has 0 amide bonds. The summed E-state index contributed by atoms with van der Waals surface area (Å²) < 4.78 is 76.8. The van der Waals surface area contributed by atoms with Crippen molar-refractivity contribution in [1.29, 1.82) is 0 Å². The Balaban J connectivity index is 0.837. The van der Waals surface area contributed by atoms with Crippen LogP contribution in [0.1, 0.15) is 113 Å². The number of carbonyl (C=O) groups excluding carboxylic acids is 2. The van der Waals surface area contributed by atoms with E-state index >= 15 is 4.79 Å². The molecule has 0 radical (unpaired) electrons. The van der Waals surface area contributed by atoms with Gasteiger partial charge in [-0.1, -0.05) is 60.1 Å². The van der Waals surface area contributed by atoms with Crippen LogP contribution in [-0.4, -0.2) is 294 Å².